The molecule has 30 heavy (non-hydrogen) atoms. The summed E-state index contributed by atoms with van der Waals surface area (Å²) in [6.45, 7) is 0.817. The van der Waals surface area contributed by atoms with E-state index in [1.165, 1.54) is 22.0 Å². The van der Waals surface area contributed by atoms with Gasteiger partial charge in [0.15, 0.2) is 0 Å². The number of nitrogens with zero attached hydrogens (tertiary/aromatic N) is 2. The summed E-state index contributed by atoms with van der Waals surface area (Å²) in [5.41, 5.74) is 5.95. The third-order valence-corrected chi connectivity index (χ3v) is 6.12. The summed E-state index contributed by atoms with van der Waals surface area (Å²) in [5.74, 6) is 0. The van der Waals surface area contributed by atoms with Crippen molar-refractivity contribution in [2.75, 3.05) is 0 Å². The predicted octanol–water partition coefficient (Wildman–Crippen LogP) is 7.44. The molecule has 2 nitrogen and oxygen atoms in total. The monoisotopic (exact) mass is 406 g/mol. The van der Waals surface area contributed by atoms with Crippen LogP contribution >= 0.6 is 11.6 Å². The molecule has 0 aliphatic rings. The lowest BCUT2D eigenvalue weighted by atomic mass is 10.1. The highest BCUT2D eigenvalue weighted by Crippen LogP contribution is 2.41. The average molecular weight is 407 g/mol. The van der Waals surface area contributed by atoms with Gasteiger partial charge >= 0.3 is 0 Å². The molecule has 0 N–H and O–H groups in total. The van der Waals surface area contributed by atoms with Gasteiger partial charge in [0.05, 0.1) is 21.6 Å². The Morgan fingerprint density at radius 3 is 2.20 bits per heavy atom. The first-order valence-electron chi connectivity index (χ1n) is 10.1. The van der Waals surface area contributed by atoms with E-state index in [9.17, 15) is 0 Å². The molecule has 0 unspecified atom stereocenters. The van der Waals surface area contributed by atoms with Crippen molar-refractivity contribution >= 4 is 44.3 Å². The smallest absolute Gasteiger partial charge is 0.0800 e. The van der Waals surface area contributed by atoms with Crippen LogP contribution in [0, 0.1) is 0 Å². The first-order chi connectivity index (χ1) is 14.8. The number of fused-ring (bicyclic) bond motifs is 5. The normalized spacial score (nSPS) is 11.6. The molecule has 4 aromatic carbocycles. The van der Waals surface area contributed by atoms with Crippen molar-refractivity contribution in [3.8, 4) is 5.69 Å². The lowest BCUT2D eigenvalue weighted by Crippen LogP contribution is -2.00. The molecule has 0 bridgehead atoms. The Morgan fingerprint density at radius 1 is 0.700 bits per heavy atom. The van der Waals surface area contributed by atoms with Gasteiger partial charge in [-0.05, 0) is 35.9 Å². The molecule has 0 aliphatic heterocycles. The van der Waals surface area contributed by atoms with E-state index in [1.54, 1.807) is 0 Å². The maximum absolute atomic E-state index is 6.86. The van der Waals surface area contributed by atoms with Gasteiger partial charge in [0.25, 0.3) is 0 Å². The molecular weight excluding hydrogens is 388 g/mol. The molecule has 6 rings (SSSR count). The molecule has 0 saturated carbocycles. The van der Waals surface area contributed by atoms with Crippen LogP contribution in [0.4, 0.5) is 0 Å². The van der Waals surface area contributed by atoms with E-state index in [4.69, 9.17) is 11.6 Å². The fourth-order valence-electron chi connectivity index (χ4n) is 4.55. The summed E-state index contributed by atoms with van der Waals surface area (Å²) < 4.78 is 4.68. The van der Waals surface area contributed by atoms with Crippen molar-refractivity contribution in [3.05, 3.63) is 114 Å². The van der Waals surface area contributed by atoms with E-state index in [2.05, 4.69) is 112 Å². The highest BCUT2D eigenvalue weighted by Gasteiger charge is 2.19. The Kier molecular flexibility index (Phi) is 3.93. The summed E-state index contributed by atoms with van der Waals surface area (Å²) in [4.78, 5) is 0. The van der Waals surface area contributed by atoms with Gasteiger partial charge in [-0.2, -0.15) is 0 Å². The molecule has 0 fully saturated rings. The maximum Gasteiger partial charge on any atom is 0.0800 e. The standard InChI is InChI=1S/C27H19ClN2/c28-23-17-20-15-16-29(18-19-9-3-1-4-10-19)26(20)27-25(23)22-13-7-8-14-24(22)30(27)21-11-5-2-6-12-21/h1-17H,18H2. The van der Waals surface area contributed by atoms with E-state index in [0.29, 0.717) is 0 Å². The minimum absolute atomic E-state index is 0.792. The number of rotatable bonds is 3. The molecule has 0 atom stereocenters. The van der Waals surface area contributed by atoms with Crippen molar-refractivity contribution in [2.24, 2.45) is 0 Å². The topological polar surface area (TPSA) is 9.86 Å². The van der Waals surface area contributed by atoms with Gasteiger partial charge in [0.1, 0.15) is 0 Å². The fraction of sp³-hybridized carbons (Fsp3) is 0.0370. The third kappa shape index (κ3) is 2.58. The first kappa shape index (κ1) is 17.4. The largest absolute Gasteiger partial charge is 0.341 e. The van der Waals surface area contributed by atoms with Crippen LogP contribution < -0.4 is 0 Å². The molecule has 0 spiro atoms. The van der Waals surface area contributed by atoms with E-state index >= 15 is 0 Å². The number of hydrogen-bond donors (Lipinski definition) is 0. The van der Waals surface area contributed by atoms with Crippen LogP contribution in [0.1, 0.15) is 5.56 Å². The second-order valence-electron chi connectivity index (χ2n) is 7.64. The van der Waals surface area contributed by atoms with Gasteiger partial charge in [0.2, 0.25) is 0 Å². The molecular formula is C27H19ClN2. The van der Waals surface area contributed by atoms with E-state index in [-0.39, 0.29) is 0 Å². The van der Waals surface area contributed by atoms with Gasteiger partial charge in [-0.1, -0.05) is 78.3 Å². The minimum atomic E-state index is 0.792. The van der Waals surface area contributed by atoms with Gasteiger partial charge in [0, 0.05) is 34.6 Å². The first-order valence-corrected chi connectivity index (χ1v) is 10.5. The SMILES string of the molecule is Clc1cc2ccn(Cc3ccccc3)c2c2c1c1ccccc1n2-c1ccccc1. The average Bonchev–Trinajstić information content (AvgIpc) is 3.34. The quantitative estimate of drug-likeness (QED) is 0.289. The van der Waals surface area contributed by atoms with Crippen molar-refractivity contribution in [2.45, 2.75) is 6.54 Å². The number of para-hydroxylation sites is 2. The highest BCUT2D eigenvalue weighted by atomic mass is 35.5. The molecule has 0 amide bonds. The lowest BCUT2D eigenvalue weighted by molar-refractivity contribution is 0.838. The fourth-order valence-corrected chi connectivity index (χ4v) is 4.86. The third-order valence-electron chi connectivity index (χ3n) is 5.82. The van der Waals surface area contributed by atoms with Crippen LogP contribution in [-0.4, -0.2) is 9.13 Å². The zero-order valence-electron chi connectivity index (χ0n) is 16.3. The van der Waals surface area contributed by atoms with Crippen LogP contribution in [0.2, 0.25) is 5.02 Å². The number of hydrogen-bond acceptors (Lipinski definition) is 0. The van der Waals surface area contributed by atoms with Gasteiger partial charge < -0.3 is 9.13 Å². The van der Waals surface area contributed by atoms with Crippen LogP contribution in [0.15, 0.2) is 103 Å². The van der Waals surface area contributed by atoms with E-state index < -0.39 is 0 Å². The second kappa shape index (κ2) is 6.79. The molecule has 2 aromatic heterocycles. The molecule has 3 heteroatoms. The van der Waals surface area contributed by atoms with E-state index in [1.807, 2.05) is 0 Å². The lowest BCUT2D eigenvalue weighted by Gasteiger charge is -2.12. The van der Waals surface area contributed by atoms with Crippen molar-refractivity contribution in [1.29, 1.82) is 0 Å². The Labute approximate surface area is 179 Å². The molecule has 2 heterocycles. The van der Waals surface area contributed by atoms with Crippen molar-refractivity contribution < 1.29 is 0 Å². The zero-order valence-corrected chi connectivity index (χ0v) is 17.1. The van der Waals surface area contributed by atoms with Crippen LogP contribution in [-0.2, 0) is 6.54 Å². The molecule has 6 aromatic rings. The Hall–Kier alpha value is -3.49. The Morgan fingerprint density at radius 2 is 1.40 bits per heavy atom. The zero-order chi connectivity index (χ0) is 20.1. The maximum atomic E-state index is 6.86. The predicted molar refractivity (Wildman–Crippen MR) is 127 cm³/mol. The van der Waals surface area contributed by atoms with Gasteiger partial charge in [-0.25, -0.2) is 0 Å². The van der Waals surface area contributed by atoms with Gasteiger partial charge in [-0.3, -0.25) is 0 Å². The van der Waals surface area contributed by atoms with Crippen LogP contribution in [0.3, 0.4) is 0 Å². The molecule has 0 saturated heterocycles. The van der Waals surface area contributed by atoms with Crippen molar-refractivity contribution in [1.82, 2.24) is 9.13 Å². The van der Waals surface area contributed by atoms with Crippen molar-refractivity contribution in [3.63, 3.8) is 0 Å². The van der Waals surface area contributed by atoms with Gasteiger partial charge in [-0.15, -0.1) is 0 Å². The summed E-state index contributed by atoms with van der Waals surface area (Å²) >= 11 is 6.86. The Balaban J connectivity index is 1.78. The molecule has 0 radical (unpaired) electrons. The number of aromatic nitrogens is 2. The molecule has 144 valence electrons. The second-order valence-corrected chi connectivity index (χ2v) is 8.04. The Bertz CT molecular complexity index is 1510. The summed E-state index contributed by atoms with van der Waals surface area (Å²) in [6, 6.07) is 33.9. The number of halogens is 1. The minimum Gasteiger partial charge on any atom is -0.341 e. The van der Waals surface area contributed by atoms with Crippen LogP contribution in [0.25, 0.3) is 38.4 Å². The van der Waals surface area contributed by atoms with Crippen LogP contribution in [0.5, 0.6) is 0 Å². The summed E-state index contributed by atoms with van der Waals surface area (Å²) in [7, 11) is 0. The summed E-state index contributed by atoms with van der Waals surface area (Å²) in [5, 5.41) is 4.23. The highest BCUT2D eigenvalue weighted by molar-refractivity contribution is 6.40. The number of benzene rings is 4. The van der Waals surface area contributed by atoms with E-state index in [0.717, 1.165) is 33.5 Å². The molecule has 0 aliphatic carbocycles. The summed E-state index contributed by atoms with van der Waals surface area (Å²) in [6.07, 6.45) is 2.17.